The highest BCUT2D eigenvalue weighted by Crippen LogP contribution is 2.22. The van der Waals surface area contributed by atoms with E-state index in [4.69, 9.17) is 23.7 Å². The van der Waals surface area contributed by atoms with Gasteiger partial charge in [-0.2, -0.15) is 0 Å². The van der Waals surface area contributed by atoms with Crippen molar-refractivity contribution in [2.75, 3.05) is 47.6 Å². The summed E-state index contributed by atoms with van der Waals surface area (Å²) in [7, 11) is 4.39. The lowest BCUT2D eigenvalue weighted by molar-refractivity contribution is -0.187. The summed E-state index contributed by atoms with van der Waals surface area (Å²) < 4.78 is 27.2. The van der Waals surface area contributed by atoms with E-state index in [-0.39, 0.29) is 19.1 Å². The van der Waals surface area contributed by atoms with Gasteiger partial charge in [0.1, 0.15) is 18.5 Å². The van der Waals surface area contributed by atoms with Crippen LogP contribution >= 0.6 is 0 Å². The quantitative estimate of drug-likeness (QED) is 0.467. The molecule has 2 aliphatic rings. The predicted octanol–water partition coefficient (Wildman–Crippen LogP) is 1.60. The van der Waals surface area contributed by atoms with Crippen LogP contribution in [-0.2, 0) is 23.7 Å². The van der Waals surface area contributed by atoms with Crippen molar-refractivity contribution in [1.29, 1.82) is 0 Å². The predicted molar refractivity (Wildman–Crippen MR) is 129 cm³/mol. The van der Waals surface area contributed by atoms with Gasteiger partial charge in [-0.25, -0.2) is 4.79 Å². The third-order valence-electron chi connectivity index (χ3n) is 5.77. The van der Waals surface area contributed by atoms with Crippen LogP contribution in [0.3, 0.4) is 0 Å². The van der Waals surface area contributed by atoms with Crippen LogP contribution in [0.5, 0.6) is 5.75 Å². The molecule has 0 spiro atoms. The first-order valence-electron chi connectivity index (χ1n) is 11.7. The summed E-state index contributed by atoms with van der Waals surface area (Å²) in [6.07, 6.45) is 3.78. The van der Waals surface area contributed by atoms with E-state index in [0.29, 0.717) is 36.6 Å². The number of ether oxygens (including phenoxy) is 5. The van der Waals surface area contributed by atoms with E-state index < -0.39 is 30.5 Å². The average molecular weight is 504 g/mol. The molecule has 11 heteroatoms. The number of carbonyl (C=O) groups is 3. The second-order valence-electron chi connectivity index (χ2n) is 8.04. The molecule has 3 atom stereocenters. The van der Waals surface area contributed by atoms with Gasteiger partial charge in [0.05, 0.1) is 19.2 Å². The highest BCUT2D eigenvalue weighted by atomic mass is 16.7. The molecule has 3 unspecified atom stereocenters. The molecule has 1 aromatic carbocycles. The lowest BCUT2D eigenvalue weighted by Crippen LogP contribution is -2.48. The van der Waals surface area contributed by atoms with Crippen LogP contribution in [0.1, 0.15) is 23.2 Å². The Balaban J connectivity index is 1.56. The molecule has 2 N–H and O–H groups in total. The highest BCUT2D eigenvalue weighted by molar-refractivity contribution is 5.98. The molecule has 11 nitrogen and oxygen atoms in total. The van der Waals surface area contributed by atoms with Gasteiger partial charge in [0.25, 0.3) is 11.8 Å². The Labute approximate surface area is 210 Å². The Morgan fingerprint density at radius 1 is 1.22 bits per heavy atom. The molecule has 0 saturated carbocycles. The first-order chi connectivity index (χ1) is 17.5. The molecule has 2 heterocycles. The molecule has 2 aliphatic heterocycles. The molecule has 196 valence electrons. The number of allylic oxidation sites excluding steroid dienone is 2. The summed E-state index contributed by atoms with van der Waals surface area (Å²) in [5, 5.41) is 5.17. The van der Waals surface area contributed by atoms with Gasteiger partial charge in [-0.15, -0.1) is 0 Å². The average Bonchev–Trinajstić information content (AvgIpc) is 3.44. The summed E-state index contributed by atoms with van der Waals surface area (Å²) in [5.74, 6) is -0.200. The van der Waals surface area contributed by atoms with Gasteiger partial charge < -0.3 is 39.2 Å². The Bertz CT molecular complexity index is 974. The van der Waals surface area contributed by atoms with Crippen molar-refractivity contribution < 1.29 is 38.1 Å². The number of nitrogens with one attached hydrogen (secondary N) is 2. The van der Waals surface area contributed by atoms with Crippen molar-refractivity contribution in [2.45, 2.75) is 31.3 Å². The summed E-state index contributed by atoms with van der Waals surface area (Å²) in [6.45, 7) is 0.728. The van der Waals surface area contributed by atoms with Crippen LogP contribution in [0.2, 0.25) is 0 Å². The van der Waals surface area contributed by atoms with E-state index in [1.54, 1.807) is 35.2 Å². The van der Waals surface area contributed by atoms with Crippen LogP contribution in [0.4, 0.5) is 4.79 Å². The maximum absolute atomic E-state index is 13.1. The van der Waals surface area contributed by atoms with Gasteiger partial charge in [0.2, 0.25) is 0 Å². The number of rotatable bonds is 11. The van der Waals surface area contributed by atoms with Gasteiger partial charge in [-0.1, -0.05) is 24.3 Å². The molecule has 1 aromatic rings. The molecule has 0 radical (unpaired) electrons. The lowest BCUT2D eigenvalue weighted by Gasteiger charge is -2.28. The molecular formula is C25H33N3O8. The van der Waals surface area contributed by atoms with Gasteiger partial charge >= 0.3 is 6.09 Å². The number of carbonyl (C=O) groups excluding carboxylic acids is 3. The van der Waals surface area contributed by atoms with E-state index in [9.17, 15) is 14.4 Å². The third-order valence-corrected chi connectivity index (χ3v) is 5.77. The number of benzene rings is 1. The van der Waals surface area contributed by atoms with Crippen LogP contribution in [0.15, 0.2) is 48.2 Å². The van der Waals surface area contributed by atoms with Crippen molar-refractivity contribution in [2.24, 2.45) is 0 Å². The van der Waals surface area contributed by atoms with Crippen molar-refractivity contribution in [3.63, 3.8) is 0 Å². The van der Waals surface area contributed by atoms with E-state index in [2.05, 4.69) is 10.6 Å². The first-order valence-corrected chi connectivity index (χ1v) is 11.7. The molecule has 1 fully saturated rings. The largest absolute Gasteiger partial charge is 0.496 e. The fourth-order valence-electron chi connectivity index (χ4n) is 3.82. The van der Waals surface area contributed by atoms with E-state index in [1.807, 2.05) is 12.2 Å². The summed E-state index contributed by atoms with van der Waals surface area (Å²) >= 11 is 0. The van der Waals surface area contributed by atoms with Gasteiger partial charge in [-0.3, -0.25) is 9.59 Å². The maximum atomic E-state index is 13.1. The van der Waals surface area contributed by atoms with Gasteiger partial charge in [-0.05, 0) is 24.6 Å². The fraction of sp³-hybridized carbons (Fsp3) is 0.480. The Hall–Kier alpha value is -3.41. The number of alkyl carbamates (subject to hydrolysis) is 1. The van der Waals surface area contributed by atoms with Crippen molar-refractivity contribution >= 4 is 17.9 Å². The summed E-state index contributed by atoms with van der Waals surface area (Å²) in [4.78, 5) is 39.5. The molecule has 1 saturated heterocycles. The smallest absolute Gasteiger partial charge is 0.407 e. The standard InChI is InChI=1S/C25H33N3O8/c1-26-23(29)22(36-21-12-8-14-34-21)20(33-3)16-35-25(31)27-15-17-9-6-7-13-28(17)24(30)18-10-4-5-11-19(18)32-2/h4-7,9-11,20-22H,8,12-16H2,1-3H3,(H,26,29)(H,27,31). The second kappa shape index (κ2) is 13.6. The molecule has 36 heavy (non-hydrogen) atoms. The Morgan fingerprint density at radius 2 is 2.03 bits per heavy atom. The fourth-order valence-corrected chi connectivity index (χ4v) is 3.82. The van der Waals surface area contributed by atoms with E-state index in [0.717, 1.165) is 6.42 Å². The van der Waals surface area contributed by atoms with Crippen molar-refractivity contribution in [3.8, 4) is 5.75 Å². The number of hydrogen-bond donors (Lipinski definition) is 2. The normalized spacial score (nSPS) is 18.7. The highest BCUT2D eigenvalue weighted by Gasteiger charge is 2.34. The maximum Gasteiger partial charge on any atom is 0.407 e. The topological polar surface area (TPSA) is 125 Å². The zero-order valence-electron chi connectivity index (χ0n) is 20.7. The third kappa shape index (κ3) is 7.06. The van der Waals surface area contributed by atoms with Gasteiger partial charge in [0.15, 0.2) is 12.4 Å². The molecular weight excluding hydrogens is 470 g/mol. The van der Waals surface area contributed by atoms with Crippen LogP contribution in [-0.4, -0.2) is 88.9 Å². The van der Waals surface area contributed by atoms with Crippen LogP contribution < -0.4 is 15.4 Å². The van der Waals surface area contributed by atoms with E-state index >= 15 is 0 Å². The minimum absolute atomic E-state index is 0.0486. The molecule has 0 bridgehead atoms. The zero-order valence-corrected chi connectivity index (χ0v) is 20.7. The van der Waals surface area contributed by atoms with Crippen molar-refractivity contribution in [3.05, 3.63) is 53.8 Å². The second-order valence-corrected chi connectivity index (χ2v) is 8.04. The Kier molecular flexibility index (Phi) is 10.3. The number of likely N-dealkylation sites (N-methyl/N-ethyl adjacent to an activating group) is 1. The molecule has 3 rings (SSSR count). The molecule has 3 amide bonds. The number of nitrogens with zero attached hydrogens (tertiary/aromatic N) is 1. The lowest BCUT2D eigenvalue weighted by atomic mass is 10.1. The summed E-state index contributed by atoms with van der Waals surface area (Å²) in [5.41, 5.74) is 0.997. The monoisotopic (exact) mass is 503 g/mol. The van der Waals surface area contributed by atoms with E-state index in [1.165, 1.54) is 21.3 Å². The first kappa shape index (κ1) is 27.2. The molecule has 0 aliphatic carbocycles. The number of hydrogen-bond acceptors (Lipinski definition) is 8. The van der Waals surface area contributed by atoms with Crippen molar-refractivity contribution in [1.82, 2.24) is 15.5 Å². The minimum atomic E-state index is -1.02. The number of methoxy groups -OCH3 is 2. The van der Waals surface area contributed by atoms with Crippen LogP contribution in [0.25, 0.3) is 0 Å². The number of para-hydroxylation sites is 1. The van der Waals surface area contributed by atoms with Crippen LogP contribution in [0, 0.1) is 0 Å². The minimum Gasteiger partial charge on any atom is -0.496 e. The zero-order chi connectivity index (χ0) is 25.9. The molecule has 0 aromatic heterocycles. The summed E-state index contributed by atoms with van der Waals surface area (Å²) in [6, 6.07) is 6.95. The number of amides is 3. The Morgan fingerprint density at radius 3 is 2.72 bits per heavy atom. The SMILES string of the molecule is CNC(=O)C(OC1CCCO1)C(COC(=O)NCC1=CC=CCN1C(=O)c1ccccc1OC)OC. The van der Waals surface area contributed by atoms with Gasteiger partial charge in [0, 0.05) is 39.4 Å².